The van der Waals surface area contributed by atoms with Crippen LogP contribution in [0.5, 0.6) is 0 Å². The highest BCUT2D eigenvalue weighted by atomic mass is 35.5. The van der Waals surface area contributed by atoms with Gasteiger partial charge in [-0.1, -0.05) is 59.6 Å². The van der Waals surface area contributed by atoms with Gasteiger partial charge in [-0.25, -0.2) is 0 Å². The van der Waals surface area contributed by atoms with Gasteiger partial charge in [-0.15, -0.1) is 0 Å². The van der Waals surface area contributed by atoms with Gasteiger partial charge in [0.15, 0.2) is 0 Å². The third-order valence-electron chi connectivity index (χ3n) is 3.94. The predicted octanol–water partition coefficient (Wildman–Crippen LogP) is 4.98. The third-order valence-corrected chi connectivity index (χ3v) is 4.68. The number of rotatable bonds is 3. The molecule has 0 spiro atoms. The summed E-state index contributed by atoms with van der Waals surface area (Å²) in [4.78, 5) is 2.50. The maximum atomic E-state index is 6.11. The molecule has 0 N–H and O–H groups in total. The zero-order valence-corrected chi connectivity index (χ0v) is 12.7. The van der Waals surface area contributed by atoms with Gasteiger partial charge in [0.1, 0.15) is 0 Å². The van der Waals surface area contributed by atoms with E-state index in [4.69, 9.17) is 23.2 Å². The van der Waals surface area contributed by atoms with Gasteiger partial charge in [0, 0.05) is 13.1 Å². The van der Waals surface area contributed by atoms with E-state index in [1.165, 1.54) is 17.5 Å². The first-order valence-electron chi connectivity index (χ1n) is 6.93. The molecule has 1 saturated heterocycles. The first kappa shape index (κ1) is 13.9. The normalized spacial score (nSPS) is 19.4. The summed E-state index contributed by atoms with van der Waals surface area (Å²) in [5.74, 6) is 0.563. The van der Waals surface area contributed by atoms with Crippen molar-refractivity contribution in [2.45, 2.75) is 18.9 Å². The topological polar surface area (TPSA) is 3.24 Å². The Morgan fingerprint density at radius 1 is 1.00 bits per heavy atom. The second-order valence-corrected chi connectivity index (χ2v) is 6.19. The van der Waals surface area contributed by atoms with Crippen molar-refractivity contribution in [2.75, 3.05) is 13.1 Å². The van der Waals surface area contributed by atoms with Crippen molar-refractivity contribution in [3.63, 3.8) is 0 Å². The Labute approximate surface area is 130 Å². The van der Waals surface area contributed by atoms with Gasteiger partial charge in [-0.05, 0) is 42.1 Å². The maximum Gasteiger partial charge on any atom is 0.0595 e. The van der Waals surface area contributed by atoms with E-state index in [0.29, 0.717) is 16.0 Å². The highest BCUT2D eigenvalue weighted by Crippen LogP contribution is 2.32. The summed E-state index contributed by atoms with van der Waals surface area (Å²) >= 11 is 12.1. The minimum atomic E-state index is 0.563. The SMILES string of the molecule is Clc1ccc(C2CCN(Cc3ccccc3)C2)cc1Cl. The van der Waals surface area contributed by atoms with E-state index in [-0.39, 0.29) is 0 Å². The van der Waals surface area contributed by atoms with E-state index in [1.807, 2.05) is 12.1 Å². The molecule has 0 saturated carbocycles. The lowest BCUT2D eigenvalue weighted by atomic mass is 9.99. The first-order chi connectivity index (χ1) is 9.72. The van der Waals surface area contributed by atoms with Gasteiger partial charge in [-0.3, -0.25) is 4.90 Å². The zero-order valence-electron chi connectivity index (χ0n) is 11.2. The number of hydrogen-bond donors (Lipinski definition) is 0. The third kappa shape index (κ3) is 3.17. The Bertz CT molecular complexity index is 583. The number of halogens is 2. The fraction of sp³-hybridized carbons (Fsp3) is 0.294. The summed E-state index contributed by atoms with van der Waals surface area (Å²) in [5.41, 5.74) is 2.68. The highest BCUT2D eigenvalue weighted by molar-refractivity contribution is 6.42. The van der Waals surface area contributed by atoms with Crippen LogP contribution in [0.3, 0.4) is 0 Å². The lowest BCUT2D eigenvalue weighted by Crippen LogP contribution is -2.19. The van der Waals surface area contributed by atoms with Gasteiger partial charge in [0.2, 0.25) is 0 Å². The fourth-order valence-corrected chi connectivity index (χ4v) is 3.16. The van der Waals surface area contributed by atoms with E-state index < -0.39 is 0 Å². The van der Waals surface area contributed by atoms with E-state index >= 15 is 0 Å². The second-order valence-electron chi connectivity index (χ2n) is 5.38. The Kier molecular flexibility index (Phi) is 4.30. The predicted molar refractivity (Wildman–Crippen MR) is 85.5 cm³/mol. The molecule has 1 nitrogen and oxygen atoms in total. The molecule has 1 heterocycles. The Hall–Kier alpha value is -1.02. The van der Waals surface area contributed by atoms with Gasteiger partial charge in [-0.2, -0.15) is 0 Å². The van der Waals surface area contributed by atoms with Gasteiger partial charge in [0.05, 0.1) is 10.0 Å². The van der Waals surface area contributed by atoms with Crippen LogP contribution in [0.15, 0.2) is 48.5 Å². The molecule has 1 atom stereocenters. The van der Waals surface area contributed by atoms with Crippen molar-refractivity contribution < 1.29 is 0 Å². The summed E-state index contributed by atoms with van der Waals surface area (Å²) in [5, 5.41) is 1.29. The monoisotopic (exact) mass is 305 g/mol. The molecule has 0 amide bonds. The van der Waals surface area contributed by atoms with Crippen LogP contribution in [-0.2, 0) is 6.54 Å². The number of benzene rings is 2. The molecule has 3 heteroatoms. The quantitative estimate of drug-likeness (QED) is 0.773. The maximum absolute atomic E-state index is 6.11. The zero-order chi connectivity index (χ0) is 13.9. The Morgan fingerprint density at radius 2 is 1.80 bits per heavy atom. The van der Waals surface area contributed by atoms with Crippen molar-refractivity contribution in [1.82, 2.24) is 4.90 Å². The molecule has 1 aliphatic rings. The van der Waals surface area contributed by atoms with Gasteiger partial charge in [0.25, 0.3) is 0 Å². The number of nitrogens with zero attached hydrogens (tertiary/aromatic N) is 1. The Balaban J connectivity index is 1.66. The van der Waals surface area contributed by atoms with Crippen LogP contribution in [0.1, 0.15) is 23.5 Å². The number of likely N-dealkylation sites (tertiary alicyclic amines) is 1. The molecule has 2 aromatic rings. The fourth-order valence-electron chi connectivity index (χ4n) is 2.86. The van der Waals surface area contributed by atoms with Crippen LogP contribution in [0.25, 0.3) is 0 Å². The van der Waals surface area contributed by atoms with Crippen molar-refractivity contribution in [3.8, 4) is 0 Å². The molecule has 1 aliphatic heterocycles. The van der Waals surface area contributed by atoms with E-state index in [1.54, 1.807) is 0 Å². The van der Waals surface area contributed by atoms with Crippen molar-refractivity contribution in [3.05, 3.63) is 69.7 Å². The lowest BCUT2D eigenvalue weighted by molar-refractivity contribution is 0.327. The van der Waals surface area contributed by atoms with Gasteiger partial charge < -0.3 is 0 Å². The molecular formula is C17H17Cl2N. The van der Waals surface area contributed by atoms with Crippen molar-refractivity contribution in [1.29, 1.82) is 0 Å². The molecule has 104 valence electrons. The van der Waals surface area contributed by atoms with Crippen molar-refractivity contribution in [2.24, 2.45) is 0 Å². The molecule has 0 radical (unpaired) electrons. The first-order valence-corrected chi connectivity index (χ1v) is 7.69. The summed E-state index contributed by atoms with van der Waals surface area (Å²) in [6.07, 6.45) is 1.19. The van der Waals surface area contributed by atoms with E-state index in [0.717, 1.165) is 19.6 Å². The minimum Gasteiger partial charge on any atom is -0.298 e. The summed E-state index contributed by atoms with van der Waals surface area (Å²) in [6.45, 7) is 3.26. The average molecular weight is 306 g/mol. The van der Waals surface area contributed by atoms with Crippen LogP contribution in [0, 0.1) is 0 Å². The van der Waals surface area contributed by atoms with Crippen LogP contribution < -0.4 is 0 Å². The molecule has 1 unspecified atom stereocenters. The second kappa shape index (κ2) is 6.17. The average Bonchev–Trinajstić information content (AvgIpc) is 2.91. The summed E-state index contributed by atoms with van der Waals surface area (Å²) < 4.78 is 0. The smallest absolute Gasteiger partial charge is 0.0595 e. The Morgan fingerprint density at radius 3 is 2.55 bits per heavy atom. The molecule has 3 rings (SSSR count). The summed E-state index contributed by atoms with van der Waals surface area (Å²) in [7, 11) is 0. The van der Waals surface area contributed by atoms with Gasteiger partial charge >= 0.3 is 0 Å². The minimum absolute atomic E-state index is 0.563. The van der Waals surface area contributed by atoms with Crippen LogP contribution >= 0.6 is 23.2 Å². The summed E-state index contributed by atoms with van der Waals surface area (Å²) in [6, 6.07) is 16.7. The van der Waals surface area contributed by atoms with Crippen LogP contribution in [-0.4, -0.2) is 18.0 Å². The van der Waals surface area contributed by atoms with E-state index in [9.17, 15) is 0 Å². The standard InChI is InChI=1S/C17H17Cl2N/c18-16-7-6-14(10-17(16)19)15-8-9-20(12-15)11-13-4-2-1-3-5-13/h1-7,10,15H,8-9,11-12H2. The van der Waals surface area contributed by atoms with Crippen molar-refractivity contribution >= 4 is 23.2 Å². The molecule has 2 aromatic carbocycles. The molecular weight excluding hydrogens is 289 g/mol. The number of hydrogen-bond acceptors (Lipinski definition) is 1. The molecule has 20 heavy (non-hydrogen) atoms. The van der Waals surface area contributed by atoms with Crippen LogP contribution in [0.2, 0.25) is 10.0 Å². The van der Waals surface area contributed by atoms with Crippen LogP contribution in [0.4, 0.5) is 0 Å². The largest absolute Gasteiger partial charge is 0.298 e. The lowest BCUT2D eigenvalue weighted by Gasteiger charge is -2.16. The van der Waals surface area contributed by atoms with E-state index in [2.05, 4.69) is 41.3 Å². The molecule has 0 bridgehead atoms. The highest BCUT2D eigenvalue weighted by Gasteiger charge is 2.24. The molecule has 0 aliphatic carbocycles. The molecule has 1 fully saturated rings. The molecule has 0 aromatic heterocycles.